The summed E-state index contributed by atoms with van der Waals surface area (Å²) in [5, 5.41) is 9.83. The second kappa shape index (κ2) is 6.32. The van der Waals surface area contributed by atoms with E-state index in [1.807, 2.05) is 25.1 Å². The second-order valence-corrected chi connectivity index (χ2v) is 6.75. The van der Waals surface area contributed by atoms with Crippen molar-refractivity contribution < 1.29 is 14.7 Å². The van der Waals surface area contributed by atoms with Crippen LogP contribution in [0, 0.1) is 0 Å². The largest absolute Gasteiger partial charge is 0.391 e. The number of benzene rings is 1. The van der Waals surface area contributed by atoms with Gasteiger partial charge in [-0.2, -0.15) is 0 Å². The van der Waals surface area contributed by atoms with Gasteiger partial charge in [0.05, 0.1) is 6.10 Å². The van der Waals surface area contributed by atoms with Gasteiger partial charge in [0.25, 0.3) is 5.91 Å². The van der Waals surface area contributed by atoms with Gasteiger partial charge in [0.15, 0.2) is 0 Å². The summed E-state index contributed by atoms with van der Waals surface area (Å²) in [5.41, 5.74) is -0.184. The molecule has 0 bridgehead atoms. The lowest BCUT2D eigenvalue weighted by Gasteiger charge is -2.40. The number of piperidine rings is 1. The van der Waals surface area contributed by atoms with Gasteiger partial charge in [-0.25, -0.2) is 0 Å². The molecule has 2 heterocycles. The summed E-state index contributed by atoms with van der Waals surface area (Å²) in [4.78, 5) is 29.3. The molecule has 5 heteroatoms. The van der Waals surface area contributed by atoms with Crippen molar-refractivity contribution in [1.29, 1.82) is 0 Å². The van der Waals surface area contributed by atoms with Gasteiger partial charge in [-0.05, 0) is 44.7 Å². The van der Waals surface area contributed by atoms with E-state index in [1.54, 1.807) is 21.9 Å². The number of likely N-dealkylation sites (tertiary alicyclic amines) is 2. The molecule has 3 rings (SSSR count). The summed E-state index contributed by atoms with van der Waals surface area (Å²) in [6.45, 7) is 3.51. The molecule has 2 unspecified atom stereocenters. The van der Waals surface area contributed by atoms with Crippen LogP contribution in [0.25, 0.3) is 0 Å². The summed E-state index contributed by atoms with van der Waals surface area (Å²) in [7, 11) is 0. The number of aliphatic hydroxyl groups excluding tert-OH is 1. The predicted octanol–water partition coefficient (Wildman–Crippen LogP) is 1.66. The summed E-state index contributed by atoms with van der Waals surface area (Å²) in [5.74, 6) is -0.116. The van der Waals surface area contributed by atoms with Gasteiger partial charge >= 0.3 is 0 Å². The molecule has 2 aliphatic rings. The maximum atomic E-state index is 13.0. The average Bonchev–Trinajstić information content (AvgIpc) is 2.97. The minimum atomic E-state index is -0.802. The molecule has 23 heavy (non-hydrogen) atoms. The third kappa shape index (κ3) is 2.98. The number of β-amino-alcohol motifs (C(OH)–C–C–N with tert-alkyl or cyclic N) is 1. The minimum Gasteiger partial charge on any atom is -0.391 e. The smallest absolute Gasteiger partial charge is 0.254 e. The maximum Gasteiger partial charge on any atom is 0.254 e. The Morgan fingerprint density at radius 3 is 2.61 bits per heavy atom. The lowest BCUT2D eigenvalue weighted by molar-refractivity contribution is -0.143. The molecule has 1 aromatic rings. The number of rotatable bonds is 2. The number of nitrogens with zero attached hydrogens (tertiary/aromatic N) is 2. The van der Waals surface area contributed by atoms with E-state index < -0.39 is 11.6 Å². The Labute approximate surface area is 136 Å². The normalized spacial score (nSPS) is 28.0. The molecular formula is C18H24N2O3. The first-order valence-corrected chi connectivity index (χ1v) is 8.37. The first-order valence-electron chi connectivity index (χ1n) is 8.37. The topological polar surface area (TPSA) is 60.9 Å². The van der Waals surface area contributed by atoms with E-state index in [-0.39, 0.29) is 11.8 Å². The van der Waals surface area contributed by atoms with Gasteiger partial charge in [-0.3, -0.25) is 9.59 Å². The fourth-order valence-electron chi connectivity index (χ4n) is 3.73. The third-order valence-corrected chi connectivity index (χ3v) is 5.05. The standard InChI is InChI=1S/C18H24N2O3/c1-18(17(23)19-11-5-9-15(21)13-19)10-6-12-20(18)16(22)14-7-3-2-4-8-14/h2-4,7-8,15,21H,5-6,9-13H2,1H3. The van der Waals surface area contributed by atoms with E-state index in [2.05, 4.69) is 0 Å². The number of carbonyl (C=O) groups excluding carboxylic acids is 2. The fourth-order valence-corrected chi connectivity index (χ4v) is 3.73. The fraction of sp³-hybridized carbons (Fsp3) is 0.556. The van der Waals surface area contributed by atoms with Crippen molar-refractivity contribution in [1.82, 2.24) is 9.80 Å². The van der Waals surface area contributed by atoms with Crippen molar-refractivity contribution in [2.45, 2.75) is 44.2 Å². The first-order chi connectivity index (χ1) is 11.0. The molecule has 5 nitrogen and oxygen atoms in total. The first kappa shape index (κ1) is 16.0. The molecule has 124 valence electrons. The van der Waals surface area contributed by atoms with Crippen LogP contribution < -0.4 is 0 Å². The molecular weight excluding hydrogens is 292 g/mol. The van der Waals surface area contributed by atoms with Crippen LogP contribution in [0.5, 0.6) is 0 Å². The van der Waals surface area contributed by atoms with Gasteiger partial charge in [0, 0.05) is 25.2 Å². The molecule has 0 saturated carbocycles. The lowest BCUT2D eigenvalue weighted by atomic mass is 9.94. The van der Waals surface area contributed by atoms with E-state index in [9.17, 15) is 14.7 Å². The van der Waals surface area contributed by atoms with Crippen LogP contribution in [-0.2, 0) is 4.79 Å². The van der Waals surface area contributed by atoms with Crippen molar-refractivity contribution in [3.8, 4) is 0 Å². The van der Waals surface area contributed by atoms with Crippen LogP contribution in [-0.4, -0.2) is 58.0 Å². The van der Waals surface area contributed by atoms with Gasteiger partial charge < -0.3 is 14.9 Å². The van der Waals surface area contributed by atoms with Crippen molar-refractivity contribution in [2.24, 2.45) is 0 Å². The van der Waals surface area contributed by atoms with Crippen LogP contribution >= 0.6 is 0 Å². The summed E-state index contributed by atoms with van der Waals surface area (Å²) < 4.78 is 0. The summed E-state index contributed by atoms with van der Waals surface area (Å²) >= 11 is 0. The third-order valence-electron chi connectivity index (χ3n) is 5.05. The Kier molecular flexibility index (Phi) is 4.39. The number of carbonyl (C=O) groups is 2. The number of hydrogen-bond acceptors (Lipinski definition) is 3. The molecule has 2 amide bonds. The van der Waals surface area contributed by atoms with Crippen LogP contribution in [0.1, 0.15) is 43.0 Å². The number of amides is 2. The van der Waals surface area contributed by atoms with Gasteiger partial charge in [-0.1, -0.05) is 18.2 Å². The second-order valence-electron chi connectivity index (χ2n) is 6.75. The zero-order chi connectivity index (χ0) is 16.4. The molecule has 1 aromatic carbocycles. The zero-order valence-electron chi connectivity index (χ0n) is 13.6. The summed E-state index contributed by atoms with van der Waals surface area (Å²) in [6, 6.07) is 9.12. The quantitative estimate of drug-likeness (QED) is 0.903. The van der Waals surface area contributed by atoms with E-state index >= 15 is 0 Å². The molecule has 0 aliphatic carbocycles. The van der Waals surface area contributed by atoms with E-state index in [0.717, 1.165) is 19.3 Å². The van der Waals surface area contributed by atoms with Crippen molar-refractivity contribution in [3.05, 3.63) is 35.9 Å². The average molecular weight is 316 g/mol. The molecule has 2 fully saturated rings. The SMILES string of the molecule is CC1(C(=O)N2CCCC(O)C2)CCCN1C(=O)c1ccccc1. The predicted molar refractivity (Wildman–Crippen MR) is 86.9 cm³/mol. The zero-order valence-corrected chi connectivity index (χ0v) is 13.6. The van der Waals surface area contributed by atoms with Crippen LogP contribution in [0.15, 0.2) is 30.3 Å². The Balaban J connectivity index is 1.81. The Morgan fingerprint density at radius 2 is 1.91 bits per heavy atom. The van der Waals surface area contributed by atoms with E-state index in [4.69, 9.17) is 0 Å². The van der Waals surface area contributed by atoms with Gasteiger partial charge in [-0.15, -0.1) is 0 Å². The van der Waals surface area contributed by atoms with Crippen molar-refractivity contribution in [3.63, 3.8) is 0 Å². The number of aliphatic hydroxyl groups is 1. The molecule has 0 aromatic heterocycles. The minimum absolute atomic E-state index is 0.0296. The van der Waals surface area contributed by atoms with Gasteiger partial charge in [0.1, 0.15) is 5.54 Å². The molecule has 0 radical (unpaired) electrons. The molecule has 2 aliphatic heterocycles. The Bertz CT molecular complexity index is 589. The van der Waals surface area contributed by atoms with Gasteiger partial charge in [0.2, 0.25) is 5.91 Å². The molecule has 2 saturated heterocycles. The molecule has 2 atom stereocenters. The summed E-state index contributed by atoms with van der Waals surface area (Å²) in [6.07, 6.45) is 2.62. The highest BCUT2D eigenvalue weighted by Crippen LogP contribution is 2.33. The Morgan fingerprint density at radius 1 is 1.17 bits per heavy atom. The highest BCUT2D eigenvalue weighted by Gasteiger charge is 2.48. The highest BCUT2D eigenvalue weighted by atomic mass is 16.3. The van der Waals surface area contributed by atoms with Crippen LogP contribution in [0.3, 0.4) is 0 Å². The molecule has 0 spiro atoms. The number of hydrogen-bond donors (Lipinski definition) is 1. The maximum absolute atomic E-state index is 13.0. The van der Waals surface area contributed by atoms with Crippen molar-refractivity contribution >= 4 is 11.8 Å². The van der Waals surface area contributed by atoms with Crippen LogP contribution in [0.2, 0.25) is 0 Å². The lowest BCUT2D eigenvalue weighted by Crippen LogP contribution is -2.58. The van der Waals surface area contributed by atoms with E-state index in [1.165, 1.54) is 0 Å². The van der Waals surface area contributed by atoms with Crippen LogP contribution in [0.4, 0.5) is 0 Å². The molecule has 1 N–H and O–H groups in total. The van der Waals surface area contributed by atoms with E-state index in [0.29, 0.717) is 31.6 Å². The monoisotopic (exact) mass is 316 g/mol. The Hall–Kier alpha value is -1.88. The highest BCUT2D eigenvalue weighted by molar-refractivity contribution is 5.99. The van der Waals surface area contributed by atoms with Crippen molar-refractivity contribution in [2.75, 3.05) is 19.6 Å².